The summed E-state index contributed by atoms with van der Waals surface area (Å²) in [6, 6.07) is 10.3. The van der Waals surface area contributed by atoms with Crippen LogP contribution in [-0.4, -0.2) is 44.5 Å². The Bertz CT molecular complexity index is 921. The first kappa shape index (κ1) is 24.0. The zero-order valence-electron chi connectivity index (χ0n) is 17.9. The van der Waals surface area contributed by atoms with E-state index < -0.39 is 6.93 Å². The molecule has 2 aliphatic heterocycles. The van der Waals surface area contributed by atoms with Crippen molar-refractivity contribution in [2.45, 2.75) is 25.4 Å². The van der Waals surface area contributed by atoms with Gasteiger partial charge in [0.25, 0.3) is 6.02 Å². The number of hydrogen-bond acceptors (Lipinski definition) is 8. The fourth-order valence-corrected chi connectivity index (χ4v) is 3.18. The molecule has 0 spiro atoms. The minimum absolute atomic E-state index is 0.245. The largest absolute Gasteiger partial charge is 0.495 e. The van der Waals surface area contributed by atoms with Crippen LogP contribution in [0.1, 0.15) is 30.2 Å². The third-order valence-electron chi connectivity index (χ3n) is 4.80. The number of methoxy groups -OCH3 is 1. The van der Waals surface area contributed by atoms with Crippen LogP contribution in [0.3, 0.4) is 0 Å². The number of halogens is 2. The first-order chi connectivity index (χ1) is 15.0. The van der Waals surface area contributed by atoms with Crippen LogP contribution in [0.4, 0.5) is 14.5 Å². The lowest BCUT2D eigenvalue weighted by atomic mass is 9.87. The highest BCUT2D eigenvalue weighted by Crippen LogP contribution is 2.35. The summed E-state index contributed by atoms with van der Waals surface area (Å²) in [5.74, 6) is 1.47. The van der Waals surface area contributed by atoms with Gasteiger partial charge in [-0.05, 0) is 43.3 Å². The van der Waals surface area contributed by atoms with Crippen LogP contribution in [0.15, 0.2) is 46.5 Å². The first-order valence-corrected chi connectivity index (χ1v) is 9.62. The second-order valence-corrected chi connectivity index (χ2v) is 6.67. The average molecular weight is 434 g/mol. The molecule has 0 aliphatic carbocycles. The standard InChI is InChI=1S/C19H21N5O2.CH2F2.CH5N/c1-19(7-8-26-18(20)24-19)13-4-3-12-10-22-17(23-16(12)9-13)15-6-5-14(25-2)11-21-15;2-1-3;1-2/h3-6,9,11H,7-8,10H2,1-2H3,(H2,20,24)(H,22,23);1H2;2H2,1H3/t19-;;/m0../s1. The Morgan fingerprint density at radius 3 is 2.58 bits per heavy atom. The van der Waals surface area contributed by atoms with Crippen LogP contribution in [0, 0.1) is 0 Å². The van der Waals surface area contributed by atoms with E-state index in [4.69, 9.17) is 15.2 Å². The second-order valence-electron chi connectivity index (χ2n) is 6.67. The smallest absolute Gasteiger partial charge is 0.282 e. The summed E-state index contributed by atoms with van der Waals surface area (Å²) in [4.78, 5) is 13.5. The van der Waals surface area contributed by atoms with Gasteiger partial charge >= 0.3 is 0 Å². The van der Waals surface area contributed by atoms with Crippen molar-refractivity contribution < 1.29 is 18.3 Å². The SMILES string of the molecule is CN.COc1ccc(C2=NCc3ccc([C@]4(C)CCOC(N)=N4)cc3N2)nc1.FCF. The van der Waals surface area contributed by atoms with Crippen LogP contribution >= 0.6 is 0 Å². The van der Waals surface area contributed by atoms with E-state index in [9.17, 15) is 8.78 Å². The summed E-state index contributed by atoms with van der Waals surface area (Å²) in [5.41, 5.74) is 13.9. The highest BCUT2D eigenvalue weighted by molar-refractivity contribution is 6.08. The number of aliphatic imine (C=N–C) groups is 2. The molecule has 2 aromatic rings. The Labute approximate surface area is 180 Å². The molecule has 4 rings (SSSR count). The molecule has 3 heterocycles. The van der Waals surface area contributed by atoms with Gasteiger partial charge in [0.1, 0.15) is 11.4 Å². The molecule has 2 aliphatic rings. The zero-order valence-corrected chi connectivity index (χ0v) is 17.9. The van der Waals surface area contributed by atoms with Crippen LogP contribution in [0.5, 0.6) is 5.75 Å². The molecule has 1 aromatic heterocycles. The van der Waals surface area contributed by atoms with E-state index >= 15 is 0 Å². The monoisotopic (exact) mass is 434 g/mol. The van der Waals surface area contributed by atoms with Crippen molar-refractivity contribution in [1.82, 2.24) is 4.98 Å². The Morgan fingerprint density at radius 1 is 1.23 bits per heavy atom. The summed E-state index contributed by atoms with van der Waals surface area (Å²) in [7, 11) is 3.12. The quantitative estimate of drug-likeness (QED) is 0.683. The first-order valence-electron chi connectivity index (χ1n) is 9.62. The lowest BCUT2D eigenvalue weighted by molar-refractivity contribution is 0.218. The van der Waals surface area contributed by atoms with Gasteiger partial charge in [-0.25, -0.2) is 18.8 Å². The molecule has 31 heavy (non-hydrogen) atoms. The number of hydrogen-bond donors (Lipinski definition) is 3. The summed E-state index contributed by atoms with van der Waals surface area (Å²) in [5, 5.41) is 3.39. The number of nitrogens with zero attached hydrogens (tertiary/aromatic N) is 3. The van der Waals surface area contributed by atoms with Crippen LogP contribution in [0.2, 0.25) is 0 Å². The molecule has 5 N–H and O–H groups in total. The van der Waals surface area contributed by atoms with Crippen molar-refractivity contribution in [2.24, 2.45) is 21.5 Å². The second kappa shape index (κ2) is 11.2. The van der Waals surface area contributed by atoms with Crippen molar-refractivity contribution in [2.75, 3.05) is 33.0 Å². The van der Waals surface area contributed by atoms with E-state index in [0.717, 1.165) is 40.5 Å². The number of nitrogens with one attached hydrogen (secondary N) is 1. The van der Waals surface area contributed by atoms with Gasteiger partial charge in [0.2, 0.25) is 6.93 Å². The number of alkyl halides is 2. The van der Waals surface area contributed by atoms with Crippen molar-refractivity contribution in [3.8, 4) is 5.75 Å². The molecule has 0 saturated carbocycles. The number of anilines is 1. The number of aromatic nitrogens is 1. The van der Waals surface area contributed by atoms with Crippen LogP contribution in [0.25, 0.3) is 0 Å². The molecule has 1 atom stereocenters. The van der Waals surface area contributed by atoms with Gasteiger partial charge in [-0.3, -0.25) is 4.99 Å². The third kappa shape index (κ3) is 5.88. The summed E-state index contributed by atoms with van der Waals surface area (Å²) >= 11 is 0. The maximum atomic E-state index is 9.62. The van der Waals surface area contributed by atoms with E-state index in [2.05, 4.69) is 51.1 Å². The van der Waals surface area contributed by atoms with Gasteiger partial charge in [0.15, 0.2) is 5.84 Å². The highest BCUT2D eigenvalue weighted by Gasteiger charge is 2.31. The van der Waals surface area contributed by atoms with E-state index in [1.807, 2.05) is 12.1 Å². The van der Waals surface area contributed by atoms with E-state index in [1.165, 1.54) is 7.05 Å². The van der Waals surface area contributed by atoms with Gasteiger partial charge in [0.05, 0.1) is 32.0 Å². The van der Waals surface area contributed by atoms with Crippen LogP contribution in [-0.2, 0) is 16.8 Å². The molecule has 0 fully saturated rings. The van der Waals surface area contributed by atoms with Gasteiger partial charge < -0.3 is 26.3 Å². The molecule has 0 radical (unpaired) electrons. The maximum absolute atomic E-state index is 9.62. The number of pyridine rings is 1. The normalized spacial score (nSPS) is 18.9. The van der Waals surface area contributed by atoms with Gasteiger partial charge in [0, 0.05) is 12.1 Å². The number of benzene rings is 1. The van der Waals surface area contributed by atoms with Crippen molar-refractivity contribution in [3.63, 3.8) is 0 Å². The Hall–Kier alpha value is -3.27. The number of ether oxygens (including phenoxy) is 2. The molecular weight excluding hydrogens is 406 g/mol. The number of nitrogens with two attached hydrogens (primary N) is 2. The molecule has 1 aromatic carbocycles. The van der Waals surface area contributed by atoms with E-state index in [1.54, 1.807) is 13.3 Å². The zero-order chi connectivity index (χ0) is 22.9. The van der Waals surface area contributed by atoms with Crippen molar-refractivity contribution >= 4 is 17.5 Å². The Morgan fingerprint density at radius 2 is 1.97 bits per heavy atom. The van der Waals surface area contributed by atoms with Gasteiger partial charge in [-0.15, -0.1) is 0 Å². The van der Waals surface area contributed by atoms with E-state index in [-0.39, 0.29) is 11.6 Å². The Balaban J connectivity index is 0.000000630. The Kier molecular flexibility index (Phi) is 8.68. The predicted octanol–water partition coefficient (Wildman–Crippen LogP) is 2.87. The van der Waals surface area contributed by atoms with Crippen molar-refractivity contribution in [1.29, 1.82) is 0 Å². The van der Waals surface area contributed by atoms with E-state index in [0.29, 0.717) is 13.2 Å². The maximum Gasteiger partial charge on any atom is 0.282 e. The lowest BCUT2D eigenvalue weighted by Gasteiger charge is -2.31. The fraction of sp³-hybridized carbons (Fsp3) is 0.381. The highest BCUT2D eigenvalue weighted by atomic mass is 19.3. The fourth-order valence-electron chi connectivity index (χ4n) is 3.18. The summed E-state index contributed by atoms with van der Waals surface area (Å²) in [6.45, 7) is 1.50. The van der Waals surface area contributed by atoms with Crippen LogP contribution < -0.4 is 21.5 Å². The molecule has 168 valence electrons. The van der Waals surface area contributed by atoms with Gasteiger partial charge in [-0.2, -0.15) is 0 Å². The molecule has 0 amide bonds. The molecule has 0 unspecified atom stereocenters. The topological polar surface area (TPSA) is 120 Å². The number of amidine groups is 2. The molecular formula is C21H28F2N6O2. The molecule has 8 nitrogen and oxygen atoms in total. The van der Waals surface area contributed by atoms with Gasteiger partial charge in [-0.1, -0.05) is 12.1 Å². The predicted molar refractivity (Wildman–Crippen MR) is 118 cm³/mol. The summed E-state index contributed by atoms with van der Waals surface area (Å²) < 4.78 is 29.7. The molecule has 0 bridgehead atoms. The number of rotatable bonds is 3. The minimum Gasteiger partial charge on any atom is -0.495 e. The summed E-state index contributed by atoms with van der Waals surface area (Å²) in [6.07, 6.45) is 2.47. The molecule has 10 heteroatoms. The van der Waals surface area contributed by atoms with Crippen molar-refractivity contribution in [3.05, 3.63) is 53.3 Å². The number of fused-ring (bicyclic) bond motifs is 1. The third-order valence-corrected chi connectivity index (χ3v) is 4.80. The average Bonchev–Trinajstić information content (AvgIpc) is 2.80. The molecule has 0 saturated heterocycles. The lowest BCUT2D eigenvalue weighted by Crippen LogP contribution is -2.33. The minimum atomic E-state index is -1.75.